The molecule has 0 spiro atoms. The highest BCUT2D eigenvalue weighted by atomic mass is 19.1. The Labute approximate surface area is 86.6 Å². The predicted molar refractivity (Wildman–Crippen MR) is 53.4 cm³/mol. The molecule has 0 bridgehead atoms. The van der Waals surface area contributed by atoms with Crippen LogP contribution in [0.2, 0.25) is 0 Å². The highest BCUT2D eigenvalue weighted by molar-refractivity contribution is 5.26. The summed E-state index contributed by atoms with van der Waals surface area (Å²) in [7, 11) is 1.81. The lowest BCUT2D eigenvalue weighted by molar-refractivity contribution is 0.616. The molecule has 78 valence electrons. The van der Waals surface area contributed by atoms with E-state index in [0.29, 0.717) is 5.56 Å². The molecule has 0 amide bonds. The molecule has 2 rings (SSSR count). The Morgan fingerprint density at radius 3 is 2.73 bits per heavy atom. The lowest BCUT2D eigenvalue weighted by Gasteiger charge is -2.08. The first-order chi connectivity index (χ1) is 7.16. The fourth-order valence-corrected chi connectivity index (χ4v) is 1.39. The maximum absolute atomic E-state index is 12.9. The van der Waals surface area contributed by atoms with Gasteiger partial charge in [0.25, 0.3) is 0 Å². The van der Waals surface area contributed by atoms with Crippen molar-refractivity contribution < 1.29 is 4.39 Å². The van der Waals surface area contributed by atoms with Gasteiger partial charge in [-0.3, -0.25) is 9.67 Å². The van der Waals surface area contributed by atoms with Gasteiger partial charge in [0.05, 0.1) is 18.4 Å². The molecule has 2 aromatic rings. The summed E-state index contributed by atoms with van der Waals surface area (Å²) in [5.41, 5.74) is 7.42. The van der Waals surface area contributed by atoms with Crippen molar-refractivity contribution in [3.63, 3.8) is 0 Å². The van der Waals surface area contributed by atoms with Gasteiger partial charge in [-0.15, -0.1) is 0 Å². The molecule has 2 heterocycles. The summed E-state index contributed by atoms with van der Waals surface area (Å²) in [5, 5.41) is 4.01. The molecule has 0 aliphatic carbocycles. The Hall–Kier alpha value is -1.75. The lowest BCUT2D eigenvalue weighted by Crippen LogP contribution is -2.11. The predicted octanol–water partition coefficient (Wildman–Crippen LogP) is 1.00. The monoisotopic (exact) mass is 206 g/mol. The van der Waals surface area contributed by atoms with Crippen LogP contribution in [0.25, 0.3) is 0 Å². The van der Waals surface area contributed by atoms with Crippen molar-refractivity contribution in [2.75, 3.05) is 0 Å². The second-order valence-corrected chi connectivity index (χ2v) is 3.36. The molecule has 0 aliphatic heterocycles. The van der Waals surface area contributed by atoms with E-state index in [1.54, 1.807) is 30.3 Å². The van der Waals surface area contributed by atoms with Gasteiger partial charge >= 0.3 is 0 Å². The summed E-state index contributed by atoms with van der Waals surface area (Å²) < 4.78 is 14.6. The van der Waals surface area contributed by atoms with Gasteiger partial charge in [-0.2, -0.15) is 5.10 Å². The molecular weight excluding hydrogens is 195 g/mol. The maximum atomic E-state index is 12.9. The normalized spacial score (nSPS) is 12.7. The quantitative estimate of drug-likeness (QED) is 0.797. The third-order valence-corrected chi connectivity index (χ3v) is 2.17. The zero-order valence-corrected chi connectivity index (χ0v) is 8.26. The number of nitrogens with two attached hydrogens (primary N) is 1. The Morgan fingerprint density at radius 2 is 2.13 bits per heavy atom. The van der Waals surface area contributed by atoms with Gasteiger partial charge in [-0.25, -0.2) is 4.39 Å². The van der Waals surface area contributed by atoms with Crippen molar-refractivity contribution in [1.29, 1.82) is 0 Å². The Morgan fingerprint density at radius 1 is 1.33 bits per heavy atom. The van der Waals surface area contributed by atoms with Gasteiger partial charge in [0.15, 0.2) is 0 Å². The molecule has 0 saturated heterocycles. The molecule has 0 aliphatic rings. The molecule has 0 saturated carbocycles. The number of aromatic nitrogens is 3. The van der Waals surface area contributed by atoms with Crippen LogP contribution < -0.4 is 5.73 Å². The Bertz CT molecular complexity index is 466. The molecular formula is C10H11FN4. The molecule has 0 aromatic carbocycles. The summed E-state index contributed by atoms with van der Waals surface area (Å²) in [6, 6.07) is 0.992. The van der Waals surface area contributed by atoms with Crippen LogP contribution in [0.1, 0.15) is 17.2 Å². The van der Waals surface area contributed by atoms with Gasteiger partial charge in [0.1, 0.15) is 5.82 Å². The largest absolute Gasteiger partial charge is 0.320 e. The summed E-state index contributed by atoms with van der Waals surface area (Å²) in [4.78, 5) is 3.76. The van der Waals surface area contributed by atoms with Gasteiger partial charge in [0, 0.05) is 25.0 Å². The van der Waals surface area contributed by atoms with E-state index in [-0.39, 0.29) is 11.9 Å². The molecule has 0 radical (unpaired) electrons. The minimum absolute atomic E-state index is 0.383. The average molecular weight is 206 g/mol. The van der Waals surface area contributed by atoms with Crippen molar-refractivity contribution in [3.05, 3.63) is 47.8 Å². The average Bonchev–Trinajstić information content (AvgIpc) is 2.64. The summed E-state index contributed by atoms with van der Waals surface area (Å²) >= 11 is 0. The minimum atomic E-state index is -0.387. The lowest BCUT2D eigenvalue weighted by atomic mass is 10.1. The van der Waals surface area contributed by atoms with E-state index in [1.165, 1.54) is 6.07 Å². The van der Waals surface area contributed by atoms with E-state index in [1.807, 2.05) is 0 Å². The third kappa shape index (κ3) is 2.02. The number of rotatable bonds is 2. The van der Waals surface area contributed by atoms with Crippen molar-refractivity contribution in [1.82, 2.24) is 14.8 Å². The Balaban J connectivity index is 2.32. The second kappa shape index (κ2) is 3.78. The second-order valence-electron chi connectivity index (χ2n) is 3.36. The van der Waals surface area contributed by atoms with E-state index < -0.39 is 0 Å². The molecule has 2 N–H and O–H groups in total. The fraction of sp³-hybridized carbons (Fsp3) is 0.200. The van der Waals surface area contributed by atoms with Crippen molar-refractivity contribution in [2.24, 2.45) is 12.8 Å². The first-order valence-corrected chi connectivity index (χ1v) is 4.51. The molecule has 1 unspecified atom stereocenters. The number of hydrogen-bond donors (Lipinski definition) is 1. The smallest absolute Gasteiger partial charge is 0.141 e. The van der Waals surface area contributed by atoms with Crippen LogP contribution in [0.5, 0.6) is 0 Å². The molecule has 4 nitrogen and oxygen atoms in total. The van der Waals surface area contributed by atoms with Crippen LogP contribution >= 0.6 is 0 Å². The highest BCUT2D eigenvalue weighted by Crippen LogP contribution is 2.18. The minimum Gasteiger partial charge on any atom is -0.320 e. The molecule has 2 aromatic heterocycles. The molecule has 1 atom stereocenters. The highest BCUT2D eigenvalue weighted by Gasteiger charge is 2.11. The Kier molecular flexibility index (Phi) is 2.47. The van der Waals surface area contributed by atoms with Gasteiger partial charge in [-0.1, -0.05) is 0 Å². The van der Waals surface area contributed by atoms with E-state index in [9.17, 15) is 4.39 Å². The van der Waals surface area contributed by atoms with Crippen LogP contribution in [0.15, 0.2) is 30.9 Å². The van der Waals surface area contributed by atoms with Crippen molar-refractivity contribution in [2.45, 2.75) is 6.04 Å². The van der Waals surface area contributed by atoms with Crippen LogP contribution in [-0.2, 0) is 7.05 Å². The first-order valence-electron chi connectivity index (χ1n) is 4.51. The number of halogens is 1. The molecule has 15 heavy (non-hydrogen) atoms. The number of aryl methyl sites for hydroxylation is 1. The van der Waals surface area contributed by atoms with Gasteiger partial charge in [0.2, 0.25) is 0 Å². The zero-order chi connectivity index (χ0) is 10.8. The van der Waals surface area contributed by atoms with Crippen LogP contribution in [0.4, 0.5) is 4.39 Å². The van der Waals surface area contributed by atoms with Gasteiger partial charge in [-0.05, 0) is 11.6 Å². The maximum Gasteiger partial charge on any atom is 0.141 e. The van der Waals surface area contributed by atoms with Crippen LogP contribution in [0.3, 0.4) is 0 Å². The van der Waals surface area contributed by atoms with Gasteiger partial charge < -0.3 is 5.73 Å². The number of hydrogen-bond acceptors (Lipinski definition) is 3. The van der Waals surface area contributed by atoms with E-state index >= 15 is 0 Å². The molecule has 5 heteroatoms. The van der Waals surface area contributed by atoms with Crippen molar-refractivity contribution in [3.8, 4) is 0 Å². The number of nitrogens with zero attached hydrogens (tertiary/aromatic N) is 3. The van der Waals surface area contributed by atoms with Crippen LogP contribution in [-0.4, -0.2) is 14.8 Å². The number of pyridine rings is 1. The SMILES string of the molecule is Cn1cc(C(N)c2cncc(F)c2)cn1. The summed E-state index contributed by atoms with van der Waals surface area (Å²) in [5.74, 6) is -0.383. The first kappa shape index (κ1) is 9.79. The van der Waals surface area contributed by atoms with Crippen LogP contribution in [0, 0.1) is 5.82 Å². The standard InChI is InChI=1S/C10H11FN4/c1-15-6-8(4-14-15)10(12)7-2-9(11)5-13-3-7/h2-6,10H,12H2,1H3. The molecule has 0 fully saturated rings. The zero-order valence-electron chi connectivity index (χ0n) is 8.26. The summed E-state index contributed by atoms with van der Waals surface area (Å²) in [6.07, 6.45) is 6.17. The van der Waals surface area contributed by atoms with Crippen molar-refractivity contribution >= 4 is 0 Å². The fourth-order valence-electron chi connectivity index (χ4n) is 1.39. The van der Waals surface area contributed by atoms with E-state index in [4.69, 9.17) is 5.73 Å². The van der Waals surface area contributed by atoms with E-state index in [0.717, 1.165) is 11.8 Å². The summed E-state index contributed by atoms with van der Waals surface area (Å²) in [6.45, 7) is 0. The topological polar surface area (TPSA) is 56.7 Å². The third-order valence-electron chi connectivity index (χ3n) is 2.17. The van der Waals surface area contributed by atoms with E-state index in [2.05, 4.69) is 10.1 Å².